The van der Waals surface area contributed by atoms with E-state index in [0.29, 0.717) is 17.0 Å². The third-order valence-corrected chi connectivity index (χ3v) is 5.29. The Labute approximate surface area is 189 Å². The molecule has 2 atom stereocenters. The number of carbonyl (C=O) groups excluding carboxylic acids is 2. The van der Waals surface area contributed by atoms with Crippen molar-refractivity contribution in [3.05, 3.63) is 95.6 Å². The fourth-order valence-electron chi connectivity index (χ4n) is 3.43. The second-order valence-electron chi connectivity index (χ2n) is 8.09. The third-order valence-electron chi connectivity index (χ3n) is 5.29. The summed E-state index contributed by atoms with van der Waals surface area (Å²) in [5.74, 6) is 0.390. The first kappa shape index (κ1) is 23.1. The van der Waals surface area contributed by atoms with Crippen LogP contribution >= 0.6 is 0 Å². The topological polar surface area (TPSA) is 67.4 Å². The van der Waals surface area contributed by atoms with Crippen LogP contribution in [0.25, 0.3) is 0 Å². The zero-order chi connectivity index (χ0) is 23.1. The van der Waals surface area contributed by atoms with Crippen LogP contribution in [0.2, 0.25) is 0 Å². The highest BCUT2D eigenvalue weighted by atomic mass is 16.5. The van der Waals surface area contributed by atoms with Gasteiger partial charge in [0.2, 0.25) is 0 Å². The van der Waals surface area contributed by atoms with Crippen LogP contribution in [0, 0.1) is 0 Å². The minimum atomic E-state index is -0.728. The fourth-order valence-corrected chi connectivity index (χ4v) is 3.43. The molecule has 5 heteroatoms. The Hall–Kier alpha value is -3.60. The van der Waals surface area contributed by atoms with Gasteiger partial charge in [0, 0.05) is 0 Å². The monoisotopic (exact) mass is 430 g/mol. The van der Waals surface area contributed by atoms with E-state index >= 15 is 0 Å². The Morgan fingerprint density at radius 3 is 2.12 bits per heavy atom. The Morgan fingerprint density at radius 2 is 1.41 bits per heavy atom. The molecular weight excluding hydrogens is 400 g/mol. The molecule has 0 fully saturated rings. The maximum absolute atomic E-state index is 12.9. The van der Waals surface area contributed by atoms with Gasteiger partial charge in [-0.25, -0.2) is 0 Å². The maximum atomic E-state index is 12.9. The van der Waals surface area contributed by atoms with Crippen molar-refractivity contribution in [2.75, 3.05) is 5.32 Å². The molecule has 0 radical (unpaired) electrons. The minimum Gasteiger partial charge on any atom is -0.481 e. The molecule has 0 heterocycles. The first-order valence-electron chi connectivity index (χ1n) is 10.9. The summed E-state index contributed by atoms with van der Waals surface area (Å²) in [4.78, 5) is 25.8. The molecule has 5 nitrogen and oxygen atoms in total. The molecule has 0 saturated heterocycles. The van der Waals surface area contributed by atoms with E-state index in [0.717, 1.165) is 11.1 Å². The molecule has 0 bridgehead atoms. The van der Waals surface area contributed by atoms with Gasteiger partial charge in [0.25, 0.3) is 11.8 Å². The summed E-state index contributed by atoms with van der Waals surface area (Å²) in [5.41, 5.74) is 2.90. The molecule has 0 aliphatic carbocycles. The number of benzene rings is 3. The van der Waals surface area contributed by atoms with Crippen LogP contribution in [0.5, 0.6) is 5.75 Å². The van der Waals surface area contributed by atoms with Gasteiger partial charge in [0.15, 0.2) is 6.10 Å². The highest BCUT2D eigenvalue weighted by Gasteiger charge is 2.20. The van der Waals surface area contributed by atoms with E-state index in [1.807, 2.05) is 61.5 Å². The van der Waals surface area contributed by atoms with E-state index in [9.17, 15) is 9.59 Å². The molecule has 0 saturated carbocycles. The van der Waals surface area contributed by atoms with Crippen molar-refractivity contribution < 1.29 is 14.3 Å². The van der Waals surface area contributed by atoms with Crippen molar-refractivity contribution in [2.24, 2.45) is 0 Å². The molecule has 2 amide bonds. The lowest BCUT2D eigenvalue weighted by atomic mass is 10.0. The fraction of sp³-hybridized carbons (Fsp3) is 0.259. The highest BCUT2D eigenvalue weighted by molar-refractivity contribution is 6.04. The lowest BCUT2D eigenvalue weighted by molar-refractivity contribution is -0.122. The Kier molecular flexibility index (Phi) is 7.66. The van der Waals surface area contributed by atoms with Crippen LogP contribution in [0.3, 0.4) is 0 Å². The smallest absolute Gasteiger partial charge is 0.265 e. The second-order valence-corrected chi connectivity index (χ2v) is 8.09. The molecule has 0 unspecified atom stereocenters. The van der Waals surface area contributed by atoms with Crippen molar-refractivity contribution in [1.29, 1.82) is 0 Å². The molecule has 3 aromatic rings. The summed E-state index contributed by atoms with van der Waals surface area (Å²) < 4.78 is 5.95. The first-order valence-corrected chi connectivity index (χ1v) is 10.9. The van der Waals surface area contributed by atoms with Gasteiger partial charge in [-0.05, 0) is 49.1 Å². The average molecular weight is 431 g/mol. The van der Waals surface area contributed by atoms with Gasteiger partial charge in [-0.3, -0.25) is 9.59 Å². The SMILES string of the molecule is CC(C)c1ccccc1O[C@H](C)C(=O)Nc1ccccc1C(=O)N[C@@H](C)c1ccccc1. The van der Waals surface area contributed by atoms with E-state index in [1.165, 1.54) is 0 Å². The summed E-state index contributed by atoms with van der Waals surface area (Å²) in [6.07, 6.45) is -0.728. The standard InChI is InChI=1S/C27H30N2O3/c1-18(2)22-14-9-11-17-25(22)32-20(4)26(30)29-24-16-10-8-15-23(24)27(31)28-19(3)21-12-6-5-7-13-21/h5-20H,1-4H3,(H,28,31)(H,29,30)/t19-,20+/m0/s1. The third kappa shape index (κ3) is 5.76. The van der Waals surface area contributed by atoms with Crippen molar-refractivity contribution in [1.82, 2.24) is 5.32 Å². The van der Waals surface area contributed by atoms with Crippen LogP contribution < -0.4 is 15.4 Å². The number of hydrogen-bond donors (Lipinski definition) is 2. The van der Waals surface area contributed by atoms with Crippen LogP contribution in [0.1, 0.15) is 61.1 Å². The number of anilines is 1. The number of carbonyl (C=O) groups is 2. The van der Waals surface area contributed by atoms with E-state index in [-0.39, 0.29) is 23.8 Å². The van der Waals surface area contributed by atoms with Gasteiger partial charge in [0.1, 0.15) is 5.75 Å². The van der Waals surface area contributed by atoms with Gasteiger partial charge in [-0.2, -0.15) is 0 Å². The molecule has 32 heavy (non-hydrogen) atoms. The summed E-state index contributed by atoms with van der Waals surface area (Å²) in [6, 6.07) is 24.3. The van der Waals surface area contributed by atoms with Crippen LogP contribution in [0.4, 0.5) is 5.69 Å². The lowest BCUT2D eigenvalue weighted by Crippen LogP contribution is -2.32. The van der Waals surface area contributed by atoms with Gasteiger partial charge < -0.3 is 15.4 Å². The van der Waals surface area contributed by atoms with Gasteiger partial charge in [0.05, 0.1) is 17.3 Å². The predicted molar refractivity (Wildman–Crippen MR) is 128 cm³/mol. The first-order chi connectivity index (χ1) is 15.4. The predicted octanol–water partition coefficient (Wildman–Crippen LogP) is 5.71. The number of ether oxygens (including phenoxy) is 1. The average Bonchev–Trinajstić information content (AvgIpc) is 2.80. The van der Waals surface area contributed by atoms with Crippen molar-refractivity contribution >= 4 is 17.5 Å². The number of rotatable bonds is 8. The largest absolute Gasteiger partial charge is 0.481 e. The summed E-state index contributed by atoms with van der Waals surface area (Å²) in [5, 5.41) is 5.84. The van der Waals surface area contributed by atoms with E-state index < -0.39 is 6.10 Å². The molecule has 166 valence electrons. The normalized spacial score (nSPS) is 12.7. The molecule has 2 N–H and O–H groups in total. The van der Waals surface area contributed by atoms with Crippen LogP contribution in [-0.2, 0) is 4.79 Å². The Morgan fingerprint density at radius 1 is 0.781 bits per heavy atom. The number of hydrogen-bond acceptors (Lipinski definition) is 3. The Bertz CT molecular complexity index is 1060. The molecular formula is C27H30N2O3. The number of para-hydroxylation sites is 2. The van der Waals surface area contributed by atoms with Gasteiger partial charge in [-0.15, -0.1) is 0 Å². The molecule has 0 spiro atoms. The Balaban J connectivity index is 1.70. The van der Waals surface area contributed by atoms with Crippen molar-refractivity contribution in [3.8, 4) is 5.75 Å². The quantitative estimate of drug-likeness (QED) is 0.481. The molecule has 3 rings (SSSR count). The minimum absolute atomic E-state index is 0.165. The summed E-state index contributed by atoms with van der Waals surface area (Å²) in [6.45, 7) is 7.79. The number of nitrogens with one attached hydrogen (secondary N) is 2. The van der Waals surface area contributed by atoms with E-state index in [4.69, 9.17) is 4.74 Å². The van der Waals surface area contributed by atoms with E-state index in [2.05, 4.69) is 24.5 Å². The summed E-state index contributed by atoms with van der Waals surface area (Å²) in [7, 11) is 0. The summed E-state index contributed by atoms with van der Waals surface area (Å²) >= 11 is 0. The molecule has 0 aromatic heterocycles. The zero-order valence-electron chi connectivity index (χ0n) is 19.0. The highest BCUT2D eigenvalue weighted by Crippen LogP contribution is 2.27. The molecule has 3 aromatic carbocycles. The molecule has 0 aliphatic heterocycles. The maximum Gasteiger partial charge on any atom is 0.265 e. The van der Waals surface area contributed by atoms with E-state index in [1.54, 1.807) is 31.2 Å². The van der Waals surface area contributed by atoms with Crippen LogP contribution in [-0.4, -0.2) is 17.9 Å². The lowest BCUT2D eigenvalue weighted by Gasteiger charge is -2.20. The van der Waals surface area contributed by atoms with Gasteiger partial charge >= 0.3 is 0 Å². The van der Waals surface area contributed by atoms with Crippen molar-refractivity contribution in [3.63, 3.8) is 0 Å². The van der Waals surface area contributed by atoms with Gasteiger partial charge in [-0.1, -0.05) is 74.5 Å². The molecule has 0 aliphatic rings. The van der Waals surface area contributed by atoms with Crippen LogP contribution in [0.15, 0.2) is 78.9 Å². The zero-order valence-corrected chi connectivity index (χ0v) is 19.0. The van der Waals surface area contributed by atoms with Crippen molar-refractivity contribution in [2.45, 2.75) is 45.8 Å². The number of amides is 2. The second kappa shape index (κ2) is 10.6.